The van der Waals surface area contributed by atoms with Gasteiger partial charge in [-0.05, 0) is 36.8 Å². The molecule has 1 fully saturated rings. The smallest absolute Gasteiger partial charge is 0.272 e. The quantitative estimate of drug-likeness (QED) is 0.645. The average molecular weight is 340 g/mol. The summed E-state index contributed by atoms with van der Waals surface area (Å²) in [6, 6.07) is 13.1. The molecule has 0 bridgehead atoms. The monoisotopic (exact) mass is 340 g/mol. The molecule has 7 heteroatoms. The normalized spacial score (nSPS) is 14.1. The first kappa shape index (κ1) is 16.8. The topological polar surface area (TPSA) is 87.5 Å². The number of nitrogens with zero attached hydrogens (tertiary/aromatic N) is 2. The minimum absolute atomic E-state index is 0.0468. The van der Waals surface area contributed by atoms with Crippen molar-refractivity contribution in [3.63, 3.8) is 0 Å². The number of rotatable bonds is 5. The molecular weight excluding hydrogens is 320 g/mol. The van der Waals surface area contributed by atoms with Gasteiger partial charge in [-0.3, -0.25) is 14.9 Å². The molecule has 0 spiro atoms. The van der Waals surface area contributed by atoms with Crippen molar-refractivity contribution in [3.05, 3.63) is 63.7 Å². The third-order valence-electron chi connectivity index (χ3n) is 4.23. The Morgan fingerprint density at radius 2 is 2.00 bits per heavy atom. The number of anilines is 2. The minimum atomic E-state index is -0.376. The first-order valence-corrected chi connectivity index (χ1v) is 8.12. The van der Waals surface area contributed by atoms with E-state index in [2.05, 4.69) is 15.5 Å². The van der Waals surface area contributed by atoms with E-state index in [9.17, 15) is 14.9 Å². The Bertz CT molecular complexity index is 789. The lowest BCUT2D eigenvalue weighted by molar-refractivity contribution is -0.385. The zero-order chi connectivity index (χ0) is 17.8. The van der Waals surface area contributed by atoms with E-state index in [0.717, 1.165) is 23.5 Å². The molecule has 130 valence electrons. The van der Waals surface area contributed by atoms with E-state index < -0.39 is 0 Å². The fourth-order valence-corrected chi connectivity index (χ4v) is 2.86. The maximum atomic E-state index is 11.5. The van der Waals surface area contributed by atoms with Gasteiger partial charge in [0.1, 0.15) is 0 Å². The molecule has 0 radical (unpaired) electrons. The molecule has 25 heavy (non-hydrogen) atoms. The van der Waals surface area contributed by atoms with Crippen LogP contribution in [0.2, 0.25) is 0 Å². The molecule has 2 aromatic rings. The second kappa shape index (κ2) is 7.21. The maximum Gasteiger partial charge on any atom is 0.272 e. The van der Waals surface area contributed by atoms with Crippen molar-refractivity contribution in [2.45, 2.75) is 13.5 Å². The van der Waals surface area contributed by atoms with Crippen LogP contribution in [0.1, 0.15) is 11.1 Å². The van der Waals surface area contributed by atoms with E-state index in [1.54, 1.807) is 19.1 Å². The number of carbonyl (C=O) groups is 1. The van der Waals surface area contributed by atoms with Gasteiger partial charge in [0.05, 0.1) is 11.5 Å². The molecule has 0 saturated carbocycles. The van der Waals surface area contributed by atoms with Gasteiger partial charge < -0.3 is 15.5 Å². The van der Waals surface area contributed by atoms with E-state index in [4.69, 9.17) is 0 Å². The van der Waals surface area contributed by atoms with Gasteiger partial charge in [-0.2, -0.15) is 0 Å². The van der Waals surface area contributed by atoms with Crippen LogP contribution in [-0.2, 0) is 11.3 Å². The van der Waals surface area contributed by atoms with Crippen LogP contribution < -0.4 is 15.5 Å². The lowest BCUT2D eigenvalue weighted by atomic mass is 10.1. The van der Waals surface area contributed by atoms with Crippen LogP contribution in [0.25, 0.3) is 0 Å². The number of hydrogen-bond acceptors (Lipinski definition) is 5. The highest BCUT2D eigenvalue weighted by Gasteiger charge is 2.16. The Balaban J connectivity index is 1.61. The van der Waals surface area contributed by atoms with E-state index in [-0.39, 0.29) is 16.5 Å². The highest BCUT2D eigenvalue weighted by Crippen LogP contribution is 2.22. The lowest BCUT2D eigenvalue weighted by Gasteiger charge is -2.28. The highest BCUT2D eigenvalue weighted by molar-refractivity contribution is 5.82. The molecule has 2 N–H and O–H groups in total. The van der Waals surface area contributed by atoms with E-state index in [1.807, 2.05) is 24.3 Å². The van der Waals surface area contributed by atoms with Crippen molar-refractivity contribution >= 4 is 23.0 Å². The second-order valence-electron chi connectivity index (χ2n) is 6.05. The van der Waals surface area contributed by atoms with Gasteiger partial charge in [-0.15, -0.1) is 0 Å². The highest BCUT2D eigenvalue weighted by atomic mass is 16.6. The molecule has 0 aliphatic carbocycles. The number of carbonyl (C=O) groups excluding carboxylic acids is 1. The zero-order valence-electron chi connectivity index (χ0n) is 14.0. The van der Waals surface area contributed by atoms with Crippen LogP contribution >= 0.6 is 0 Å². The summed E-state index contributed by atoms with van der Waals surface area (Å²) in [5.74, 6) is 0.0468. The number of nitro benzene ring substituents is 1. The molecule has 1 aliphatic rings. The fraction of sp³-hybridized carbons (Fsp3) is 0.278. The van der Waals surface area contributed by atoms with Crippen LogP contribution in [0.5, 0.6) is 0 Å². The van der Waals surface area contributed by atoms with Crippen LogP contribution in [0.3, 0.4) is 0 Å². The van der Waals surface area contributed by atoms with Gasteiger partial charge in [-0.1, -0.05) is 12.1 Å². The first-order valence-electron chi connectivity index (χ1n) is 8.12. The van der Waals surface area contributed by atoms with Crippen LogP contribution in [0, 0.1) is 17.0 Å². The summed E-state index contributed by atoms with van der Waals surface area (Å²) in [5.41, 5.74) is 3.74. The van der Waals surface area contributed by atoms with Crippen LogP contribution in [0.15, 0.2) is 42.5 Å². The zero-order valence-corrected chi connectivity index (χ0v) is 14.0. The standard InChI is InChI=1S/C18H20N4O3/c1-13-10-15(4-7-17(13)22(24)25)20-11-14-2-5-16(6-3-14)21-9-8-19-18(23)12-21/h2-7,10,20H,8-9,11-12H2,1H3,(H,19,23). The molecule has 1 amide bonds. The summed E-state index contributed by atoms with van der Waals surface area (Å²) in [5, 5.41) is 16.9. The number of hydrogen-bond donors (Lipinski definition) is 2. The Labute approximate surface area is 145 Å². The summed E-state index contributed by atoms with van der Waals surface area (Å²) in [4.78, 5) is 24.0. The molecule has 0 unspecified atom stereocenters. The van der Waals surface area contributed by atoms with Crippen molar-refractivity contribution in [1.82, 2.24) is 5.32 Å². The number of amides is 1. The molecule has 1 aliphatic heterocycles. The predicted octanol–water partition coefficient (Wildman–Crippen LogP) is 2.45. The van der Waals surface area contributed by atoms with Crippen LogP contribution in [-0.4, -0.2) is 30.5 Å². The predicted molar refractivity (Wildman–Crippen MR) is 96.8 cm³/mol. The SMILES string of the molecule is Cc1cc(NCc2ccc(N3CCNC(=O)C3)cc2)ccc1[N+](=O)[O-]. The van der Waals surface area contributed by atoms with Gasteiger partial charge in [0.2, 0.25) is 5.91 Å². The van der Waals surface area contributed by atoms with E-state index in [0.29, 0.717) is 25.2 Å². The Morgan fingerprint density at radius 1 is 1.24 bits per heavy atom. The second-order valence-corrected chi connectivity index (χ2v) is 6.05. The van der Waals surface area contributed by atoms with Crippen molar-refractivity contribution in [3.8, 4) is 0 Å². The molecule has 3 rings (SSSR count). The maximum absolute atomic E-state index is 11.5. The van der Waals surface area contributed by atoms with Gasteiger partial charge in [0.25, 0.3) is 5.69 Å². The molecule has 2 aromatic carbocycles. The molecule has 0 aromatic heterocycles. The number of nitro groups is 1. The van der Waals surface area contributed by atoms with Crippen molar-refractivity contribution in [1.29, 1.82) is 0 Å². The minimum Gasteiger partial charge on any atom is -0.381 e. The first-order chi connectivity index (χ1) is 12.0. The molecule has 0 atom stereocenters. The average Bonchev–Trinajstić information content (AvgIpc) is 2.60. The Kier molecular flexibility index (Phi) is 4.83. The van der Waals surface area contributed by atoms with Gasteiger partial charge in [0.15, 0.2) is 0 Å². The van der Waals surface area contributed by atoms with E-state index in [1.165, 1.54) is 6.07 Å². The summed E-state index contributed by atoms with van der Waals surface area (Å²) in [6.07, 6.45) is 0. The molecule has 1 saturated heterocycles. The number of nitrogens with one attached hydrogen (secondary N) is 2. The Hall–Kier alpha value is -3.09. The van der Waals surface area contributed by atoms with Crippen LogP contribution in [0.4, 0.5) is 17.1 Å². The van der Waals surface area contributed by atoms with Gasteiger partial charge in [0, 0.05) is 42.6 Å². The molecule has 7 nitrogen and oxygen atoms in total. The number of benzene rings is 2. The van der Waals surface area contributed by atoms with Crippen molar-refractivity contribution in [2.75, 3.05) is 29.9 Å². The van der Waals surface area contributed by atoms with Gasteiger partial charge in [-0.25, -0.2) is 0 Å². The third-order valence-corrected chi connectivity index (χ3v) is 4.23. The third kappa shape index (κ3) is 4.06. The summed E-state index contributed by atoms with van der Waals surface area (Å²) in [6.45, 7) is 4.22. The largest absolute Gasteiger partial charge is 0.381 e. The summed E-state index contributed by atoms with van der Waals surface area (Å²) < 4.78 is 0. The lowest BCUT2D eigenvalue weighted by Crippen LogP contribution is -2.47. The number of piperazine rings is 1. The van der Waals surface area contributed by atoms with Crippen molar-refractivity contribution in [2.24, 2.45) is 0 Å². The summed E-state index contributed by atoms with van der Waals surface area (Å²) >= 11 is 0. The Morgan fingerprint density at radius 3 is 2.64 bits per heavy atom. The molecule has 1 heterocycles. The number of aryl methyl sites for hydroxylation is 1. The molecular formula is C18H20N4O3. The van der Waals surface area contributed by atoms with Gasteiger partial charge >= 0.3 is 0 Å². The van der Waals surface area contributed by atoms with Crippen molar-refractivity contribution < 1.29 is 9.72 Å². The van der Waals surface area contributed by atoms with E-state index >= 15 is 0 Å². The summed E-state index contributed by atoms with van der Waals surface area (Å²) in [7, 11) is 0. The fourth-order valence-electron chi connectivity index (χ4n) is 2.86.